The van der Waals surface area contributed by atoms with E-state index in [9.17, 15) is 29.1 Å². The van der Waals surface area contributed by atoms with Gasteiger partial charge >= 0.3 is 0 Å². The molecule has 2 aliphatic heterocycles. The highest BCUT2D eigenvalue weighted by Crippen LogP contribution is 2.31. The van der Waals surface area contributed by atoms with Gasteiger partial charge in [-0.15, -0.1) is 22.7 Å². The Morgan fingerprint density at radius 3 is 2.32 bits per heavy atom. The molecule has 0 spiro atoms. The number of pyridine rings is 1. The van der Waals surface area contributed by atoms with Gasteiger partial charge in [-0.3, -0.25) is 33.9 Å². The van der Waals surface area contributed by atoms with Gasteiger partial charge in [-0.1, -0.05) is 63.2 Å². The third-order valence-corrected chi connectivity index (χ3v) is 14.9. The molecule has 0 saturated carbocycles. The van der Waals surface area contributed by atoms with Crippen LogP contribution in [-0.4, -0.2) is 128 Å². The second kappa shape index (κ2) is 24.4. The zero-order valence-electron chi connectivity index (χ0n) is 42.4. The topological polar surface area (TPSA) is 211 Å². The quantitative estimate of drug-likeness (QED) is 0.0511. The second-order valence-corrected chi connectivity index (χ2v) is 21.5. The van der Waals surface area contributed by atoms with Crippen molar-refractivity contribution in [3.63, 3.8) is 0 Å². The standard InChI is InChI=1S/C55H64N10O7S2/c1-35-8-17-42(27-44(35)60-54-61-45(33-73-54)41-7-6-20-56-30-41)59-51(69)40-15-11-38(12-16-40)31-63-21-23-64(24-22-63)48(68)19-26-72-25-18-47(67)62-50(55(3,4)5)53(71)65-32-43(66)28-46(65)52(70)57-29-37-9-13-39(14-10-37)49-36(2)58-34-74-49/h6-17,20,27,30,33-34,43,46,50,66H,18-19,21-26,28-29,31-32H2,1-5H3,(H,57,70)(H,59,69)(H,60,61)(H,62,67)/t43-,46+,50-/m1/s1. The molecule has 0 aliphatic carbocycles. The van der Waals surface area contributed by atoms with Gasteiger partial charge in [0.05, 0.1) is 47.5 Å². The number of hydrogen-bond donors (Lipinski definition) is 5. The summed E-state index contributed by atoms with van der Waals surface area (Å²) < 4.78 is 5.72. The maximum Gasteiger partial charge on any atom is 0.255 e. The molecular weight excluding hydrogens is 977 g/mol. The van der Waals surface area contributed by atoms with Gasteiger partial charge in [-0.2, -0.15) is 0 Å². The number of hydrogen-bond acceptors (Lipinski definition) is 14. The molecule has 3 aromatic heterocycles. The number of amides is 5. The van der Waals surface area contributed by atoms with Gasteiger partial charge in [0.15, 0.2) is 5.13 Å². The molecule has 0 bridgehead atoms. The fourth-order valence-electron chi connectivity index (χ4n) is 8.90. The molecule has 74 heavy (non-hydrogen) atoms. The number of benzene rings is 3. The molecule has 388 valence electrons. The lowest BCUT2D eigenvalue weighted by molar-refractivity contribution is -0.144. The Labute approximate surface area is 439 Å². The van der Waals surface area contributed by atoms with Crippen LogP contribution in [0.2, 0.25) is 0 Å². The number of nitrogens with one attached hydrogen (secondary N) is 4. The van der Waals surface area contributed by atoms with E-state index in [1.54, 1.807) is 23.7 Å². The summed E-state index contributed by atoms with van der Waals surface area (Å²) in [4.78, 5) is 86.8. The van der Waals surface area contributed by atoms with Crippen molar-refractivity contribution in [1.29, 1.82) is 0 Å². The molecule has 5 N–H and O–H groups in total. The molecule has 2 saturated heterocycles. The Kier molecular flexibility index (Phi) is 17.6. The van der Waals surface area contributed by atoms with Crippen LogP contribution >= 0.6 is 22.7 Å². The largest absolute Gasteiger partial charge is 0.391 e. The number of carbonyl (C=O) groups excluding carboxylic acids is 5. The number of thiazole rings is 2. The number of aromatic nitrogens is 3. The predicted octanol–water partition coefficient (Wildman–Crippen LogP) is 7.19. The monoisotopic (exact) mass is 1040 g/mol. The first-order valence-corrected chi connectivity index (χ1v) is 26.6. The molecule has 8 rings (SSSR count). The number of β-amino-alcohol motifs (C(OH)–C–C–N with tert-alkyl or cyclic N) is 1. The third-order valence-electron chi connectivity index (χ3n) is 13.2. The lowest BCUT2D eigenvalue weighted by Crippen LogP contribution is -2.57. The van der Waals surface area contributed by atoms with E-state index in [0.717, 1.165) is 54.9 Å². The summed E-state index contributed by atoms with van der Waals surface area (Å²) in [6.45, 7) is 13.1. The SMILES string of the molecule is Cc1ccc(NC(=O)c2ccc(CN3CCN(C(=O)CCOCCC(=O)N[C@H](C(=O)N4C[C@H](O)C[C@H]4C(=O)NCc4ccc(-c5scnc5C)cc4)C(C)(C)C)CC3)cc2)cc1Nc1nc(-c2cccnc2)cs1. The first-order chi connectivity index (χ1) is 35.6. The van der Waals surface area contributed by atoms with Gasteiger partial charge in [-0.25, -0.2) is 9.97 Å². The van der Waals surface area contributed by atoms with Crippen molar-refractivity contribution in [2.45, 2.75) is 85.2 Å². The van der Waals surface area contributed by atoms with E-state index in [4.69, 9.17) is 9.72 Å². The molecule has 19 heteroatoms. The summed E-state index contributed by atoms with van der Waals surface area (Å²) in [6.07, 6.45) is 2.87. The Morgan fingerprint density at radius 2 is 1.62 bits per heavy atom. The van der Waals surface area contributed by atoms with Crippen LogP contribution in [0.25, 0.3) is 21.7 Å². The van der Waals surface area contributed by atoms with E-state index in [-0.39, 0.29) is 63.3 Å². The van der Waals surface area contributed by atoms with E-state index in [1.807, 2.05) is 129 Å². The van der Waals surface area contributed by atoms with Crippen molar-refractivity contribution in [3.8, 4) is 21.7 Å². The van der Waals surface area contributed by atoms with Gasteiger partial charge in [-0.05, 0) is 77.9 Å². The van der Waals surface area contributed by atoms with Crippen molar-refractivity contribution < 1.29 is 33.8 Å². The van der Waals surface area contributed by atoms with Crippen molar-refractivity contribution in [3.05, 3.63) is 130 Å². The third kappa shape index (κ3) is 14.0. The number of aryl methyl sites for hydroxylation is 2. The molecule has 3 aromatic carbocycles. The molecule has 0 radical (unpaired) electrons. The smallest absolute Gasteiger partial charge is 0.255 e. The first kappa shape index (κ1) is 53.4. The fraction of sp³-hybridized carbons (Fsp3) is 0.382. The zero-order valence-corrected chi connectivity index (χ0v) is 44.1. The van der Waals surface area contributed by atoms with E-state index in [1.165, 1.54) is 16.2 Å². The molecule has 3 atom stereocenters. The van der Waals surface area contributed by atoms with Crippen molar-refractivity contribution >= 4 is 68.7 Å². The maximum absolute atomic E-state index is 14.0. The van der Waals surface area contributed by atoms with Gasteiger partial charge < -0.3 is 40.9 Å². The molecule has 0 unspecified atom stereocenters. The Morgan fingerprint density at radius 1 is 0.878 bits per heavy atom. The minimum atomic E-state index is -0.962. The average molecular weight is 1040 g/mol. The van der Waals surface area contributed by atoms with Gasteiger partial charge in [0.1, 0.15) is 12.1 Å². The van der Waals surface area contributed by atoms with Gasteiger partial charge in [0.2, 0.25) is 23.6 Å². The van der Waals surface area contributed by atoms with Crippen molar-refractivity contribution in [2.24, 2.45) is 5.41 Å². The van der Waals surface area contributed by atoms with Crippen LogP contribution in [0.1, 0.15) is 72.8 Å². The van der Waals surface area contributed by atoms with Crippen LogP contribution in [0.15, 0.2) is 102 Å². The Bertz CT molecular complexity index is 2900. The summed E-state index contributed by atoms with van der Waals surface area (Å²) >= 11 is 3.07. The summed E-state index contributed by atoms with van der Waals surface area (Å²) in [6, 6.07) is 23.2. The summed E-state index contributed by atoms with van der Waals surface area (Å²) in [5, 5.41) is 25.5. The van der Waals surface area contributed by atoms with Crippen LogP contribution in [0.5, 0.6) is 0 Å². The highest BCUT2D eigenvalue weighted by Gasteiger charge is 2.44. The number of nitrogens with zero attached hydrogens (tertiary/aromatic N) is 6. The molecule has 2 fully saturated rings. The van der Waals surface area contributed by atoms with E-state index in [2.05, 4.69) is 36.1 Å². The Hall–Kier alpha value is -6.90. The number of rotatable bonds is 19. The van der Waals surface area contributed by atoms with Crippen LogP contribution in [0.4, 0.5) is 16.5 Å². The van der Waals surface area contributed by atoms with E-state index in [0.29, 0.717) is 44.0 Å². The van der Waals surface area contributed by atoms with Gasteiger partial charge in [0.25, 0.3) is 5.91 Å². The second-order valence-electron chi connectivity index (χ2n) is 19.8. The molecule has 17 nitrogen and oxygen atoms in total. The summed E-state index contributed by atoms with van der Waals surface area (Å²) in [7, 11) is 0. The van der Waals surface area contributed by atoms with Crippen LogP contribution in [-0.2, 0) is 37.0 Å². The maximum atomic E-state index is 14.0. The van der Waals surface area contributed by atoms with Crippen molar-refractivity contribution in [2.75, 3.05) is 56.6 Å². The molecule has 5 heterocycles. The van der Waals surface area contributed by atoms with Crippen LogP contribution in [0, 0.1) is 19.3 Å². The van der Waals surface area contributed by atoms with E-state index >= 15 is 0 Å². The Balaban J connectivity index is 0.720. The minimum Gasteiger partial charge on any atom is -0.391 e. The van der Waals surface area contributed by atoms with Crippen LogP contribution in [0.3, 0.4) is 0 Å². The number of piperazine rings is 1. The highest BCUT2D eigenvalue weighted by molar-refractivity contribution is 7.14. The van der Waals surface area contributed by atoms with Crippen molar-refractivity contribution in [1.82, 2.24) is 40.3 Å². The number of ether oxygens (including phenoxy) is 1. The minimum absolute atomic E-state index is 0.0221. The van der Waals surface area contributed by atoms with Gasteiger partial charge in [0, 0.05) is 98.9 Å². The lowest BCUT2D eigenvalue weighted by Gasteiger charge is -2.35. The number of aliphatic hydroxyl groups excluding tert-OH is 1. The molecule has 5 amide bonds. The number of anilines is 3. The summed E-state index contributed by atoms with van der Waals surface area (Å²) in [5.41, 5.74) is 9.91. The highest BCUT2D eigenvalue weighted by atomic mass is 32.1. The predicted molar refractivity (Wildman–Crippen MR) is 288 cm³/mol. The summed E-state index contributed by atoms with van der Waals surface area (Å²) in [5.74, 6) is -1.45. The molecular formula is C55H64N10O7S2. The van der Waals surface area contributed by atoms with Crippen LogP contribution < -0.4 is 21.3 Å². The number of likely N-dealkylation sites (tertiary alicyclic amines) is 1. The first-order valence-electron chi connectivity index (χ1n) is 24.8. The molecule has 6 aromatic rings. The number of aliphatic hydroxyl groups is 1. The van der Waals surface area contributed by atoms with E-state index < -0.39 is 35.4 Å². The zero-order chi connectivity index (χ0) is 52.4. The lowest BCUT2D eigenvalue weighted by atomic mass is 9.85. The number of carbonyl (C=O) groups is 5. The normalized spacial score (nSPS) is 16.4. The average Bonchev–Trinajstić information content (AvgIpc) is 4.16. The fourth-order valence-corrected chi connectivity index (χ4v) is 10.4. The molecule has 2 aliphatic rings.